The summed E-state index contributed by atoms with van der Waals surface area (Å²) in [6.07, 6.45) is 6.19. The summed E-state index contributed by atoms with van der Waals surface area (Å²) in [5, 5.41) is -0.00722. The van der Waals surface area contributed by atoms with E-state index >= 15 is 0 Å². The quantitative estimate of drug-likeness (QED) is 0.420. The molecule has 250 valence electrons. The first-order valence-corrected chi connectivity index (χ1v) is 18.8. The van der Waals surface area contributed by atoms with Gasteiger partial charge < -0.3 is 24.8 Å². The fourth-order valence-corrected chi connectivity index (χ4v) is 10.2. The minimum absolute atomic E-state index is 0.0748. The Labute approximate surface area is 277 Å². The van der Waals surface area contributed by atoms with Crippen molar-refractivity contribution >= 4 is 33.2 Å². The zero-order valence-electron chi connectivity index (χ0n) is 26.8. The van der Waals surface area contributed by atoms with Crippen LogP contribution in [-0.2, 0) is 32.5 Å². The molecular formula is C35H46ClN3O6S. The van der Waals surface area contributed by atoms with Crippen LogP contribution in [0.1, 0.15) is 73.9 Å². The topological polar surface area (TPSA) is 120 Å². The van der Waals surface area contributed by atoms with Gasteiger partial charge in [-0.05, 0) is 111 Å². The van der Waals surface area contributed by atoms with Gasteiger partial charge in [-0.3, -0.25) is 4.79 Å². The smallest absolute Gasteiger partial charge is 0.264 e. The summed E-state index contributed by atoms with van der Waals surface area (Å²) in [4.78, 5) is 15.8. The van der Waals surface area contributed by atoms with E-state index in [-0.39, 0.29) is 23.7 Å². The van der Waals surface area contributed by atoms with Crippen molar-refractivity contribution < 1.29 is 27.4 Å². The van der Waals surface area contributed by atoms with Crippen molar-refractivity contribution in [2.75, 3.05) is 31.2 Å². The number of benzene rings is 2. The number of halogens is 1. The number of hydrogen-bond acceptors (Lipinski definition) is 8. The third kappa shape index (κ3) is 5.93. The zero-order valence-corrected chi connectivity index (χ0v) is 28.3. The van der Waals surface area contributed by atoms with Crippen molar-refractivity contribution in [2.24, 2.45) is 34.8 Å². The highest BCUT2D eigenvalue weighted by atomic mass is 35.5. The Balaban J connectivity index is 1.25. The van der Waals surface area contributed by atoms with Crippen molar-refractivity contribution in [3.8, 4) is 5.75 Å². The number of nitrogens with one attached hydrogen (secondary N) is 1. The summed E-state index contributed by atoms with van der Waals surface area (Å²) in [5.41, 5.74) is 9.45. The molecule has 2 saturated carbocycles. The lowest BCUT2D eigenvalue weighted by Crippen LogP contribution is -2.45. The van der Waals surface area contributed by atoms with E-state index in [1.54, 1.807) is 13.0 Å². The predicted molar refractivity (Wildman–Crippen MR) is 177 cm³/mol. The van der Waals surface area contributed by atoms with Gasteiger partial charge in [0.05, 0.1) is 30.2 Å². The maximum atomic E-state index is 13.5. The average molecular weight is 672 g/mol. The summed E-state index contributed by atoms with van der Waals surface area (Å²) < 4.78 is 48.2. The van der Waals surface area contributed by atoms with E-state index in [9.17, 15) is 13.2 Å². The Morgan fingerprint density at radius 2 is 1.85 bits per heavy atom. The first-order valence-electron chi connectivity index (χ1n) is 16.9. The predicted octanol–water partition coefficient (Wildman–Crippen LogP) is 5.28. The Morgan fingerprint density at radius 3 is 2.65 bits per heavy atom. The van der Waals surface area contributed by atoms with Gasteiger partial charge in [0.15, 0.2) is 6.29 Å². The maximum Gasteiger partial charge on any atom is 0.264 e. The van der Waals surface area contributed by atoms with Gasteiger partial charge in [-0.2, -0.15) is 0 Å². The van der Waals surface area contributed by atoms with Gasteiger partial charge >= 0.3 is 0 Å². The average Bonchev–Trinajstić information content (AvgIpc) is 3.57. The molecule has 2 aromatic carbocycles. The highest BCUT2D eigenvalue weighted by Gasteiger charge is 2.77. The van der Waals surface area contributed by atoms with Gasteiger partial charge in [0.1, 0.15) is 12.4 Å². The zero-order chi connectivity index (χ0) is 32.2. The number of sulfonamides is 1. The molecule has 2 unspecified atom stereocenters. The van der Waals surface area contributed by atoms with Crippen LogP contribution in [0.4, 0.5) is 5.69 Å². The highest BCUT2D eigenvalue weighted by Crippen LogP contribution is 2.77. The van der Waals surface area contributed by atoms with Crippen molar-refractivity contribution in [1.29, 1.82) is 0 Å². The number of rotatable bonds is 1. The monoisotopic (exact) mass is 671 g/mol. The van der Waals surface area contributed by atoms with Gasteiger partial charge in [-0.15, -0.1) is 0 Å². The molecule has 7 rings (SSSR count). The van der Waals surface area contributed by atoms with Crippen LogP contribution in [0, 0.1) is 29.1 Å². The molecule has 0 spiro atoms. The van der Waals surface area contributed by atoms with Crippen LogP contribution in [-0.4, -0.2) is 58.2 Å². The molecule has 3 fully saturated rings. The summed E-state index contributed by atoms with van der Waals surface area (Å²) in [6, 6.07) is 11.1. The number of ether oxygens (including phenoxy) is 3. The Hall–Kier alpha value is -2.37. The van der Waals surface area contributed by atoms with E-state index < -0.39 is 21.2 Å². The molecule has 0 aromatic heterocycles. The van der Waals surface area contributed by atoms with E-state index in [2.05, 4.69) is 9.62 Å². The molecule has 11 heteroatoms. The molecule has 2 aromatic rings. The lowest BCUT2D eigenvalue weighted by molar-refractivity contribution is -0.224. The molecule has 3 aliphatic heterocycles. The van der Waals surface area contributed by atoms with Crippen LogP contribution in [0.5, 0.6) is 5.75 Å². The second-order valence-corrected chi connectivity index (χ2v) is 16.8. The van der Waals surface area contributed by atoms with Gasteiger partial charge in [-0.1, -0.05) is 31.0 Å². The van der Waals surface area contributed by atoms with E-state index in [1.807, 2.05) is 37.3 Å². The van der Waals surface area contributed by atoms with Crippen molar-refractivity contribution in [3.05, 3.63) is 58.1 Å². The van der Waals surface area contributed by atoms with Crippen LogP contribution in [0.2, 0.25) is 5.02 Å². The highest BCUT2D eigenvalue weighted by molar-refractivity contribution is 7.90. The molecule has 0 radical (unpaired) electrons. The lowest BCUT2D eigenvalue weighted by Gasteiger charge is -2.36. The minimum Gasteiger partial charge on any atom is -0.487 e. The largest absolute Gasteiger partial charge is 0.487 e. The summed E-state index contributed by atoms with van der Waals surface area (Å²) >= 11 is 6.36. The molecular weight excluding hydrogens is 626 g/mol. The number of fused-ring (bicyclic) bond motifs is 3. The van der Waals surface area contributed by atoms with E-state index in [4.69, 9.17) is 31.5 Å². The minimum atomic E-state index is -3.90. The molecule has 1 amide bonds. The van der Waals surface area contributed by atoms with Crippen molar-refractivity contribution in [1.82, 2.24) is 4.72 Å². The molecule has 2 bridgehead atoms. The number of anilines is 1. The summed E-state index contributed by atoms with van der Waals surface area (Å²) in [6.45, 7) is 6.63. The molecule has 6 atom stereocenters. The van der Waals surface area contributed by atoms with Crippen LogP contribution >= 0.6 is 11.6 Å². The normalized spacial score (nSPS) is 36.0. The van der Waals surface area contributed by atoms with Crippen molar-refractivity contribution in [3.63, 3.8) is 0 Å². The Morgan fingerprint density at radius 1 is 1.04 bits per heavy atom. The molecule has 5 aliphatic rings. The summed E-state index contributed by atoms with van der Waals surface area (Å²) in [5.74, 6) is 1.38. The van der Waals surface area contributed by atoms with Crippen molar-refractivity contribution in [2.45, 2.75) is 83.0 Å². The molecule has 46 heavy (non-hydrogen) atoms. The second kappa shape index (κ2) is 12.6. The third-order valence-electron chi connectivity index (χ3n) is 11.5. The number of nitrogens with zero attached hydrogens (tertiary/aromatic N) is 1. The van der Waals surface area contributed by atoms with E-state index in [1.165, 1.54) is 5.56 Å². The molecule has 1 saturated heterocycles. The number of amides is 1. The fourth-order valence-electron chi connectivity index (χ4n) is 8.72. The number of carbonyl (C=O) groups is 1. The second-order valence-electron chi connectivity index (χ2n) is 14.3. The molecule has 3 heterocycles. The van der Waals surface area contributed by atoms with E-state index in [0.717, 1.165) is 69.3 Å². The number of carbonyl (C=O) groups excluding carboxylic acids is 1. The van der Waals surface area contributed by atoms with Gasteiger partial charge in [0.25, 0.3) is 5.91 Å². The third-order valence-corrected chi connectivity index (χ3v) is 13.7. The van der Waals surface area contributed by atoms with Crippen LogP contribution in [0.15, 0.2) is 36.4 Å². The maximum absolute atomic E-state index is 13.5. The number of nitrogens with two attached hydrogens (primary N) is 1. The SMILES string of the molecule is C[C@@H]1[C@@H](C)CCCC2(C3OCC(N)CO3)C3C[C@@H](CN4CCCCc5cc(Cl)ccc5COc5ccc(cc54)C(=O)NS1(=O)=O)[C@@H]32. The van der Waals surface area contributed by atoms with Gasteiger partial charge in [-0.25, -0.2) is 13.1 Å². The first-order chi connectivity index (χ1) is 22.1. The van der Waals surface area contributed by atoms with Crippen LogP contribution in [0.25, 0.3) is 0 Å². The van der Waals surface area contributed by atoms with Gasteiger partial charge in [0, 0.05) is 29.1 Å². The number of hydrogen-bond donors (Lipinski definition) is 2. The van der Waals surface area contributed by atoms with Gasteiger partial charge in [0.2, 0.25) is 10.0 Å². The van der Waals surface area contributed by atoms with Crippen LogP contribution < -0.4 is 20.1 Å². The fraction of sp³-hybridized carbons (Fsp3) is 0.629. The van der Waals surface area contributed by atoms with Crippen LogP contribution in [0.3, 0.4) is 0 Å². The molecule has 3 N–H and O–H groups in total. The standard InChI is InChI=1S/C35H46ClN3O6S/c1-21-6-5-12-35(34-44-19-28(37)20-45-34)29-15-26(32(29)35)17-39-13-4-3-7-23-14-27(36)10-8-25(23)18-43-31-11-9-24(16-30(31)39)33(40)38-46(41,42)22(21)2/h8-11,14,16,21-22,26,28-29,32,34H,3-7,12-13,15,17-20,37H2,1-2H3,(H,38,40)/t21-,22+,26-,28?,29?,32-,34?,35?/m0/s1. The molecule has 9 nitrogen and oxygen atoms in total. The first kappa shape index (κ1) is 32.2. The van der Waals surface area contributed by atoms with E-state index in [0.29, 0.717) is 53.9 Å². The summed E-state index contributed by atoms with van der Waals surface area (Å²) in [7, 11) is -3.90. The Kier molecular flexibility index (Phi) is 8.80. The lowest BCUT2D eigenvalue weighted by atomic mass is 9.84. The number of aryl methyl sites for hydroxylation is 1. The Bertz CT molecular complexity index is 1580. The molecule has 2 aliphatic carbocycles.